The van der Waals surface area contributed by atoms with Crippen LogP contribution in [0.1, 0.15) is 31.0 Å². The Hall–Kier alpha value is -2.27. The highest BCUT2D eigenvalue weighted by atomic mass is 19.1. The van der Waals surface area contributed by atoms with Crippen LogP contribution < -0.4 is 10.2 Å². The Bertz CT molecular complexity index is 763. The van der Waals surface area contributed by atoms with Gasteiger partial charge in [0.15, 0.2) is 6.04 Å². The molecule has 3 rings (SSSR count). The van der Waals surface area contributed by atoms with Gasteiger partial charge in [-0.05, 0) is 44.0 Å². The van der Waals surface area contributed by atoms with E-state index in [4.69, 9.17) is 0 Å². The van der Waals surface area contributed by atoms with Crippen LogP contribution in [0.15, 0.2) is 42.5 Å². The molecule has 0 aliphatic carbocycles. The molecule has 1 aliphatic rings. The molecule has 126 valence electrons. The first-order valence-electron chi connectivity index (χ1n) is 8.16. The molecule has 5 heteroatoms. The van der Waals surface area contributed by atoms with E-state index >= 15 is 0 Å². The second-order valence-electron chi connectivity index (χ2n) is 6.30. The molecule has 0 unspecified atom stereocenters. The number of carbonyl (C=O) groups excluding carboxylic acids is 1. The van der Waals surface area contributed by atoms with Crippen LogP contribution in [0.3, 0.4) is 0 Å². The van der Waals surface area contributed by atoms with Crippen LogP contribution in [0, 0.1) is 11.6 Å². The van der Waals surface area contributed by atoms with Crippen molar-refractivity contribution in [1.29, 1.82) is 0 Å². The maximum atomic E-state index is 13.9. The second-order valence-corrected chi connectivity index (χ2v) is 6.30. The van der Waals surface area contributed by atoms with Crippen LogP contribution in [0.4, 0.5) is 14.5 Å². The molecule has 1 amide bonds. The van der Waals surface area contributed by atoms with Crippen LogP contribution in [0.2, 0.25) is 0 Å². The zero-order valence-corrected chi connectivity index (χ0v) is 13.8. The van der Waals surface area contributed by atoms with Crippen molar-refractivity contribution in [1.82, 2.24) is 0 Å². The second kappa shape index (κ2) is 6.69. The van der Waals surface area contributed by atoms with E-state index < -0.39 is 11.6 Å². The van der Waals surface area contributed by atoms with Gasteiger partial charge in [0.05, 0.1) is 0 Å². The van der Waals surface area contributed by atoms with Crippen molar-refractivity contribution in [2.45, 2.75) is 32.4 Å². The number of benzene rings is 2. The number of fused-ring (bicyclic) bond motifs is 1. The van der Waals surface area contributed by atoms with Crippen LogP contribution in [-0.2, 0) is 11.2 Å². The number of halogens is 2. The first kappa shape index (κ1) is 16.6. The van der Waals surface area contributed by atoms with Gasteiger partial charge in [-0.2, -0.15) is 0 Å². The lowest BCUT2D eigenvalue weighted by Crippen LogP contribution is -2.92. The molecular formula is C19H21F2N2O+. The van der Waals surface area contributed by atoms with Gasteiger partial charge >= 0.3 is 0 Å². The summed E-state index contributed by atoms with van der Waals surface area (Å²) in [6, 6.07) is 10.8. The van der Waals surface area contributed by atoms with E-state index in [1.807, 2.05) is 43.4 Å². The Morgan fingerprint density at radius 1 is 1.17 bits per heavy atom. The van der Waals surface area contributed by atoms with E-state index in [1.54, 1.807) is 4.90 Å². The molecule has 3 nitrogen and oxygen atoms in total. The molecule has 2 aromatic rings. The number of nitrogens with two attached hydrogens (primary N) is 1. The third-order valence-electron chi connectivity index (χ3n) is 4.57. The lowest BCUT2D eigenvalue weighted by Gasteiger charge is -2.23. The van der Waals surface area contributed by atoms with Gasteiger partial charge in [0.2, 0.25) is 0 Å². The van der Waals surface area contributed by atoms with Gasteiger partial charge < -0.3 is 10.2 Å². The van der Waals surface area contributed by atoms with E-state index in [-0.39, 0.29) is 18.0 Å². The minimum Gasteiger partial charge on any atom is -0.330 e. The van der Waals surface area contributed by atoms with E-state index in [2.05, 4.69) is 0 Å². The summed E-state index contributed by atoms with van der Waals surface area (Å²) in [6.45, 7) is 4.31. The number of quaternary nitrogens is 1. The average molecular weight is 331 g/mol. The number of carbonyl (C=O) groups is 1. The number of hydrogen-bond donors (Lipinski definition) is 1. The summed E-state index contributed by atoms with van der Waals surface area (Å²) in [7, 11) is 0. The van der Waals surface area contributed by atoms with Gasteiger partial charge in [-0.15, -0.1) is 0 Å². The number of nitrogens with zero attached hydrogens (tertiary/aromatic N) is 1. The minimum atomic E-state index is -0.596. The average Bonchev–Trinajstić information content (AvgIpc) is 2.97. The van der Waals surface area contributed by atoms with E-state index in [9.17, 15) is 13.6 Å². The lowest BCUT2D eigenvalue weighted by atomic mass is 10.1. The fourth-order valence-electron chi connectivity index (χ4n) is 3.30. The first-order valence-corrected chi connectivity index (χ1v) is 8.16. The fraction of sp³-hybridized carbons (Fsp3) is 0.316. The van der Waals surface area contributed by atoms with E-state index in [0.717, 1.165) is 18.2 Å². The van der Waals surface area contributed by atoms with Crippen LogP contribution in [0.25, 0.3) is 0 Å². The molecule has 1 aliphatic heterocycles. The van der Waals surface area contributed by atoms with E-state index in [1.165, 1.54) is 17.7 Å². The Kier molecular flexibility index (Phi) is 4.62. The predicted molar refractivity (Wildman–Crippen MR) is 88.7 cm³/mol. The summed E-state index contributed by atoms with van der Waals surface area (Å²) in [5, 5.41) is 1.82. The van der Waals surface area contributed by atoms with Crippen molar-refractivity contribution in [3.05, 3.63) is 65.2 Å². The summed E-state index contributed by atoms with van der Waals surface area (Å²) in [6.07, 6.45) is 0.858. The summed E-state index contributed by atoms with van der Waals surface area (Å²) in [4.78, 5) is 14.6. The van der Waals surface area contributed by atoms with Gasteiger partial charge in [0.25, 0.3) is 5.91 Å². The topological polar surface area (TPSA) is 36.9 Å². The molecule has 2 aromatic carbocycles. The molecule has 0 spiro atoms. The van der Waals surface area contributed by atoms with Gasteiger partial charge in [-0.1, -0.05) is 18.2 Å². The Morgan fingerprint density at radius 3 is 2.67 bits per heavy atom. The third-order valence-corrected chi connectivity index (χ3v) is 4.57. The number of hydrogen-bond acceptors (Lipinski definition) is 1. The van der Waals surface area contributed by atoms with Crippen LogP contribution in [0.5, 0.6) is 0 Å². The molecule has 0 fully saturated rings. The molecule has 2 atom stereocenters. The highest BCUT2D eigenvalue weighted by Crippen LogP contribution is 2.27. The van der Waals surface area contributed by atoms with Gasteiger partial charge in [-0.25, -0.2) is 8.78 Å². The first-order chi connectivity index (χ1) is 11.5. The lowest BCUT2D eigenvalue weighted by molar-refractivity contribution is -0.710. The zero-order chi connectivity index (χ0) is 17.3. The molecule has 0 saturated heterocycles. The molecular weight excluding hydrogens is 310 g/mol. The highest BCUT2D eigenvalue weighted by Gasteiger charge is 2.31. The Morgan fingerprint density at radius 2 is 1.92 bits per heavy atom. The smallest absolute Gasteiger partial charge is 0.284 e. The maximum Gasteiger partial charge on any atom is 0.284 e. The summed E-state index contributed by atoms with van der Waals surface area (Å²) < 4.78 is 26.9. The summed E-state index contributed by atoms with van der Waals surface area (Å²) in [5.41, 5.74) is 2.54. The predicted octanol–water partition coefficient (Wildman–Crippen LogP) is 2.57. The maximum absolute atomic E-state index is 13.9. The highest BCUT2D eigenvalue weighted by molar-refractivity contribution is 5.97. The van der Waals surface area contributed by atoms with E-state index in [0.29, 0.717) is 12.1 Å². The number of amides is 1. The van der Waals surface area contributed by atoms with Crippen molar-refractivity contribution in [3.8, 4) is 0 Å². The molecule has 0 radical (unpaired) electrons. The van der Waals surface area contributed by atoms with Crippen molar-refractivity contribution in [2.24, 2.45) is 0 Å². The van der Waals surface area contributed by atoms with Crippen molar-refractivity contribution < 1.29 is 18.9 Å². The number of anilines is 1. The van der Waals surface area contributed by atoms with Crippen molar-refractivity contribution in [3.63, 3.8) is 0 Å². The normalized spacial score (nSPS) is 15.9. The largest absolute Gasteiger partial charge is 0.330 e. The molecule has 0 bridgehead atoms. The number of rotatable bonds is 4. The molecule has 1 heterocycles. The van der Waals surface area contributed by atoms with Crippen LogP contribution >= 0.6 is 0 Å². The van der Waals surface area contributed by atoms with Gasteiger partial charge in [-0.3, -0.25) is 4.79 Å². The van der Waals surface area contributed by atoms with Crippen LogP contribution in [-0.4, -0.2) is 18.5 Å². The SMILES string of the molecule is C[C@H]([NH2+][C@H](C)c1ccc(F)cc1F)C(=O)N1CCc2ccccc21. The molecule has 0 saturated carbocycles. The standard InChI is InChI=1S/C19H20F2N2O/c1-12(16-8-7-15(20)11-17(16)21)22-13(2)19(24)23-10-9-14-5-3-4-6-18(14)23/h3-8,11-13,22H,9-10H2,1-2H3/p+1/t12-,13+/m1/s1. The van der Waals surface area contributed by atoms with Crippen molar-refractivity contribution >= 4 is 11.6 Å². The fourth-order valence-corrected chi connectivity index (χ4v) is 3.30. The quantitative estimate of drug-likeness (QED) is 0.918. The monoisotopic (exact) mass is 331 g/mol. The number of para-hydroxylation sites is 1. The zero-order valence-electron chi connectivity index (χ0n) is 13.8. The summed E-state index contributed by atoms with van der Waals surface area (Å²) in [5.74, 6) is -1.17. The summed E-state index contributed by atoms with van der Waals surface area (Å²) >= 11 is 0. The molecule has 24 heavy (non-hydrogen) atoms. The Labute approximate surface area is 140 Å². The molecule has 0 aromatic heterocycles. The molecule has 2 N–H and O–H groups in total. The minimum absolute atomic E-state index is 0.00863. The van der Waals surface area contributed by atoms with Crippen molar-refractivity contribution in [2.75, 3.05) is 11.4 Å². The van der Waals surface area contributed by atoms with Gasteiger partial charge in [0.1, 0.15) is 17.7 Å². The Balaban J connectivity index is 1.71. The van der Waals surface area contributed by atoms with Gasteiger partial charge in [0, 0.05) is 23.9 Å². The third kappa shape index (κ3) is 3.17.